The monoisotopic (exact) mass is 259 g/mol. The van der Waals surface area contributed by atoms with Gasteiger partial charge >= 0.3 is 0 Å². The van der Waals surface area contributed by atoms with Crippen LogP contribution in [0, 0.1) is 6.92 Å². The molecular weight excluding hydrogens is 242 g/mol. The van der Waals surface area contributed by atoms with E-state index >= 15 is 0 Å². The van der Waals surface area contributed by atoms with Crippen molar-refractivity contribution in [3.63, 3.8) is 0 Å². The summed E-state index contributed by atoms with van der Waals surface area (Å²) in [6.07, 6.45) is 1.75. The van der Waals surface area contributed by atoms with E-state index in [2.05, 4.69) is 25.6 Å². The standard InChI is InChI=1S/C13H17N5O/c1-9-6-12(18-13(16-9)8-19-3)17-10-4-5-11(14-2)15-7-10/h4-7H,8H2,1-3H3,(H,14,15)(H,16,17,18). The Morgan fingerprint density at radius 3 is 2.68 bits per heavy atom. The Kier molecular flexibility index (Phi) is 4.25. The van der Waals surface area contributed by atoms with Gasteiger partial charge in [-0.2, -0.15) is 0 Å². The third-order valence-corrected chi connectivity index (χ3v) is 2.47. The van der Waals surface area contributed by atoms with Crippen molar-refractivity contribution >= 4 is 17.3 Å². The molecule has 0 saturated carbocycles. The van der Waals surface area contributed by atoms with Gasteiger partial charge in [-0.15, -0.1) is 0 Å². The summed E-state index contributed by atoms with van der Waals surface area (Å²) in [6, 6.07) is 5.71. The first-order valence-electron chi connectivity index (χ1n) is 5.95. The van der Waals surface area contributed by atoms with Crippen molar-refractivity contribution in [3.05, 3.63) is 35.9 Å². The highest BCUT2D eigenvalue weighted by atomic mass is 16.5. The van der Waals surface area contributed by atoms with E-state index in [9.17, 15) is 0 Å². The molecule has 0 amide bonds. The summed E-state index contributed by atoms with van der Waals surface area (Å²) < 4.78 is 5.04. The van der Waals surface area contributed by atoms with Gasteiger partial charge in [0, 0.05) is 25.9 Å². The normalized spacial score (nSPS) is 10.3. The van der Waals surface area contributed by atoms with E-state index in [1.807, 2.05) is 32.2 Å². The maximum absolute atomic E-state index is 5.04. The summed E-state index contributed by atoms with van der Waals surface area (Å²) in [7, 11) is 3.46. The summed E-state index contributed by atoms with van der Waals surface area (Å²) in [6.45, 7) is 2.32. The molecule has 0 fully saturated rings. The Balaban J connectivity index is 2.17. The predicted molar refractivity (Wildman–Crippen MR) is 74.5 cm³/mol. The van der Waals surface area contributed by atoms with Gasteiger partial charge in [0.15, 0.2) is 5.82 Å². The molecule has 2 aromatic heterocycles. The molecule has 0 aliphatic heterocycles. The van der Waals surface area contributed by atoms with Gasteiger partial charge in [0.05, 0.1) is 11.9 Å². The number of methoxy groups -OCH3 is 1. The van der Waals surface area contributed by atoms with Crippen LogP contribution in [0.25, 0.3) is 0 Å². The maximum Gasteiger partial charge on any atom is 0.156 e. The summed E-state index contributed by atoms with van der Waals surface area (Å²) in [5.74, 6) is 2.22. The molecule has 0 saturated heterocycles. The van der Waals surface area contributed by atoms with E-state index in [1.165, 1.54) is 0 Å². The summed E-state index contributed by atoms with van der Waals surface area (Å²) in [4.78, 5) is 12.9. The van der Waals surface area contributed by atoms with Gasteiger partial charge in [0.25, 0.3) is 0 Å². The van der Waals surface area contributed by atoms with E-state index < -0.39 is 0 Å². The Bertz CT molecular complexity index is 541. The molecule has 0 aliphatic carbocycles. The lowest BCUT2D eigenvalue weighted by atomic mass is 10.3. The predicted octanol–water partition coefficient (Wildman–Crippen LogP) is 2.11. The van der Waals surface area contributed by atoms with Crippen LogP contribution >= 0.6 is 0 Å². The van der Waals surface area contributed by atoms with Crippen LogP contribution in [0.1, 0.15) is 11.5 Å². The van der Waals surface area contributed by atoms with Crippen molar-refractivity contribution in [1.29, 1.82) is 0 Å². The fraction of sp³-hybridized carbons (Fsp3) is 0.308. The van der Waals surface area contributed by atoms with Crippen molar-refractivity contribution in [1.82, 2.24) is 15.0 Å². The molecule has 0 unspecified atom stereocenters. The lowest BCUT2D eigenvalue weighted by Gasteiger charge is -2.08. The van der Waals surface area contributed by atoms with Crippen LogP contribution in [0.2, 0.25) is 0 Å². The molecule has 0 aliphatic rings. The lowest BCUT2D eigenvalue weighted by Crippen LogP contribution is -2.03. The summed E-state index contributed by atoms with van der Waals surface area (Å²) in [5.41, 5.74) is 1.77. The Labute approximate surface area is 112 Å². The second-order valence-electron chi connectivity index (χ2n) is 4.05. The minimum Gasteiger partial charge on any atom is -0.377 e. The molecular formula is C13H17N5O. The zero-order valence-electron chi connectivity index (χ0n) is 11.3. The largest absolute Gasteiger partial charge is 0.377 e. The van der Waals surface area contributed by atoms with Gasteiger partial charge in [-0.3, -0.25) is 0 Å². The summed E-state index contributed by atoms with van der Waals surface area (Å²) >= 11 is 0. The molecule has 0 spiro atoms. The molecule has 19 heavy (non-hydrogen) atoms. The van der Waals surface area contributed by atoms with Gasteiger partial charge in [-0.1, -0.05) is 0 Å². The van der Waals surface area contributed by atoms with Crippen molar-refractivity contribution in [3.8, 4) is 0 Å². The smallest absolute Gasteiger partial charge is 0.156 e. The zero-order chi connectivity index (χ0) is 13.7. The van der Waals surface area contributed by atoms with Crippen molar-refractivity contribution in [2.24, 2.45) is 0 Å². The number of aryl methyl sites for hydroxylation is 1. The van der Waals surface area contributed by atoms with E-state index in [0.29, 0.717) is 12.4 Å². The SMILES string of the molecule is CNc1ccc(Nc2cc(C)nc(COC)n2)cn1. The second-order valence-corrected chi connectivity index (χ2v) is 4.05. The van der Waals surface area contributed by atoms with Crippen LogP contribution in [0.4, 0.5) is 17.3 Å². The number of aromatic nitrogens is 3. The lowest BCUT2D eigenvalue weighted by molar-refractivity contribution is 0.177. The highest BCUT2D eigenvalue weighted by molar-refractivity contribution is 5.56. The third kappa shape index (κ3) is 3.62. The van der Waals surface area contributed by atoms with E-state index in [1.54, 1.807) is 13.3 Å². The van der Waals surface area contributed by atoms with Gasteiger partial charge in [0.2, 0.25) is 0 Å². The molecule has 0 radical (unpaired) electrons. The summed E-state index contributed by atoms with van der Waals surface area (Å²) in [5, 5.41) is 6.17. The topological polar surface area (TPSA) is 72.0 Å². The first-order chi connectivity index (χ1) is 9.21. The number of pyridine rings is 1. The van der Waals surface area contributed by atoms with Crippen LogP contribution in [0.3, 0.4) is 0 Å². The first kappa shape index (κ1) is 13.2. The third-order valence-electron chi connectivity index (χ3n) is 2.47. The van der Waals surface area contributed by atoms with Gasteiger partial charge in [0.1, 0.15) is 18.2 Å². The molecule has 2 aromatic rings. The molecule has 2 heterocycles. The van der Waals surface area contributed by atoms with Crippen LogP contribution in [0.15, 0.2) is 24.4 Å². The maximum atomic E-state index is 5.04. The van der Waals surface area contributed by atoms with Crippen LogP contribution in [-0.4, -0.2) is 29.1 Å². The Morgan fingerprint density at radius 1 is 1.21 bits per heavy atom. The van der Waals surface area contributed by atoms with E-state index in [-0.39, 0.29) is 0 Å². The van der Waals surface area contributed by atoms with Crippen LogP contribution < -0.4 is 10.6 Å². The fourth-order valence-corrected chi connectivity index (χ4v) is 1.65. The highest BCUT2D eigenvalue weighted by Gasteiger charge is 2.03. The Morgan fingerprint density at radius 2 is 2.05 bits per heavy atom. The zero-order valence-corrected chi connectivity index (χ0v) is 11.3. The minimum atomic E-state index is 0.396. The van der Waals surface area contributed by atoms with Crippen molar-refractivity contribution in [2.75, 3.05) is 24.8 Å². The molecule has 0 aromatic carbocycles. The molecule has 0 bridgehead atoms. The number of nitrogens with zero attached hydrogens (tertiary/aromatic N) is 3. The molecule has 100 valence electrons. The fourth-order valence-electron chi connectivity index (χ4n) is 1.65. The minimum absolute atomic E-state index is 0.396. The first-order valence-corrected chi connectivity index (χ1v) is 5.95. The van der Waals surface area contributed by atoms with E-state index in [0.717, 1.165) is 23.0 Å². The van der Waals surface area contributed by atoms with Gasteiger partial charge < -0.3 is 15.4 Å². The highest BCUT2D eigenvalue weighted by Crippen LogP contribution is 2.16. The number of hydrogen-bond donors (Lipinski definition) is 2. The van der Waals surface area contributed by atoms with Crippen LogP contribution in [-0.2, 0) is 11.3 Å². The molecule has 6 nitrogen and oxygen atoms in total. The quantitative estimate of drug-likeness (QED) is 0.857. The van der Waals surface area contributed by atoms with E-state index in [4.69, 9.17) is 4.74 Å². The molecule has 6 heteroatoms. The number of hydrogen-bond acceptors (Lipinski definition) is 6. The molecule has 2 N–H and O–H groups in total. The van der Waals surface area contributed by atoms with Crippen LogP contribution in [0.5, 0.6) is 0 Å². The number of rotatable bonds is 5. The number of nitrogens with one attached hydrogen (secondary N) is 2. The van der Waals surface area contributed by atoms with Crippen molar-refractivity contribution in [2.45, 2.75) is 13.5 Å². The van der Waals surface area contributed by atoms with Crippen molar-refractivity contribution < 1.29 is 4.74 Å². The second kappa shape index (κ2) is 6.10. The van der Waals surface area contributed by atoms with Gasteiger partial charge in [-0.25, -0.2) is 15.0 Å². The molecule has 0 atom stereocenters. The Hall–Kier alpha value is -2.21. The number of anilines is 3. The number of ether oxygens (including phenoxy) is 1. The average molecular weight is 259 g/mol. The molecule has 2 rings (SSSR count). The van der Waals surface area contributed by atoms with Gasteiger partial charge in [-0.05, 0) is 19.1 Å². The average Bonchev–Trinajstić information content (AvgIpc) is 2.39.